The van der Waals surface area contributed by atoms with Gasteiger partial charge in [-0.3, -0.25) is 0 Å². The maximum absolute atomic E-state index is 6.09. The van der Waals surface area contributed by atoms with Crippen molar-refractivity contribution in [2.45, 2.75) is 53.1 Å². The molecule has 2 rings (SSSR count). The van der Waals surface area contributed by atoms with Gasteiger partial charge < -0.3 is 4.74 Å². The summed E-state index contributed by atoms with van der Waals surface area (Å²) in [6.45, 7) is 10.9. The topological polar surface area (TPSA) is 9.23 Å². The van der Waals surface area contributed by atoms with Crippen molar-refractivity contribution in [1.29, 1.82) is 0 Å². The lowest BCUT2D eigenvalue weighted by Gasteiger charge is -2.34. The number of aryl methyl sites for hydroxylation is 2. The van der Waals surface area contributed by atoms with Crippen LogP contribution in [0.5, 0.6) is 5.75 Å². The minimum atomic E-state index is -0.000538. The summed E-state index contributed by atoms with van der Waals surface area (Å²) >= 11 is 0. The standard InChI is InChI=1S/C14H20O/c1-9-8-12-6-7-14(4,5)15-13(12)11(3)10(9)2/h8H,6-7H2,1-5H3. The van der Waals surface area contributed by atoms with Gasteiger partial charge in [-0.15, -0.1) is 0 Å². The maximum atomic E-state index is 6.09. The van der Waals surface area contributed by atoms with Crippen LogP contribution in [0.25, 0.3) is 0 Å². The fourth-order valence-electron chi connectivity index (χ4n) is 2.23. The SMILES string of the molecule is Cc1cc2c(c(C)c1C)OC(C)(C)CC2. The van der Waals surface area contributed by atoms with Crippen LogP contribution in [0.15, 0.2) is 6.07 Å². The molecule has 1 nitrogen and oxygen atoms in total. The predicted molar refractivity (Wildman–Crippen MR) is 63.7 cm³/mol. The highest BCUT2D eigenvalue weighted by molar-refractivity contribution is 5.50. The van der Waals surface area contributed by atoms with E-state index in [0.29, 0.717) is 0 Å². The predicted octanol–water partition coefficient (Wildman–Crippen LogP) is 3.72. The smallest absolute Gasteiger partial charge is 0.126 e. The molecular formula is C14H20O. The van der Waals surface area contributed by atoms with Gasteiger partial charge in [0.25, 0.3) is 0 Å². The van der Waals surface area contributed by atoms with Crippen LogP contribution in [0.4, 0.5) is 0 Å². The zero-order valence-corrected chi connectivity index (χ0v) is 10.4. The highest BCUT2D eigenvalue weighted by Gasteiger charge is 2.28. The van der Waals surface area contributed by atoms with Gasteiger partial charge in [-0.05, 0) is 69.7 Å². The third-order valence-corrected chi connectivity index (χ3v) is 3.55. The van der Waals surface area contributed by atoms with Crippen LogP contribution >= 0.6 is 0 Å². The van der Waals surface area contributed by atoms with Crippen molar-refractivity contribution >= 4 is 0 Å². The van der Waals surface area contributed by atoms with Crippen LogP contribution in [-0.2, 0) is 6.42 Å². The molecule has 1 aliphatic heterocycles. The average Bonchev–Trinajstić information content (AvgIpc) is 2.16. The third kappa shape index (κ3) is 1.75. The summed E-state index contributed by atoms with van der Waals surface area (Å²) < 4.78 is 6.09. The molecule has 0 N–H and O–H groups in total. The van der Waals surface area contributed by atoms with E-state index in [9.17, 15) is 0 Å². The van der Waals surface area contributed by atoms with E-state index < -0.39 is 0 Å². The summed E-state index contributed by atoms with van der Waals surface area (Å²) in [5, 5.41) is 0. The normalized spacial score (nSPS) is 18.2. The van der Waals surface area contributed by atoms with Crippen LogP contribution in [0.1, 0.15) is 42.5 Å². The van der Waals surface area contributed by atoms with Gasteiger partial charge in [0, 0.05) is 0 Å². The van der Waals surface area contributed by atoms with E-state index in [2.05, 4.69) is 40.7 Å². The quantitative estimate of drug-likeness (QED) is 0.626. The van der Waals surface area contributed by atoms with Crippen molar-refractivity contribution in [3.05, 3.63) is 28.3 Å². The van der Waals surface area contributed by atoms with Gasteiger partial charge in [-0.1, -0.05) is 6.07 Å². The Morgan fingerprint density at radius 3 is 2.47 bits per heavy atom. The minimum Gasteiger partial charge on any atom is -0.487 e. The van der Waals surface area contributed by atoms with Gasteiger partial charge >= 0.3 is 0 Å². The van der Waals surface area contributed by atoms with Crippen molar-refractivity contribution in [1.82, 2.24) is 0 Å². The molecule has 1 aliphatic rings. The van der Waals surface area contributed by atoms with E-state index in [-0.39, 0.29) is 5.60 Å². The van der Waals surface area contributed by atoms with Crippen molar-refractivity contribution in [2.24, 2.45) is 0 Å². The van der Waals surface area contributed by atoms with Gasteiger partial charge in [0.15, 0.2) is 0 Å². The Hall–Kier alpha value is -0.980. The molecule has 0 amide bonds. The molecule has 0 atom stereocenters. The fourth-order valence-corrected chi connectivity index (χ4v) is 2.23. The van der Waals surface area contributed by atoms with Crippen LogP contribution in [-0.4, -0.2) is 5.60 Å². The van der Waals surface area contributed by atoms with Crippen LogP contribution < -0.4 is 4.74 Å². The zero-order valence-electron chi connectivity index (χ0n) is 10.4. The van der Waals surface area contributed by atoms with Crippen LogP contribution in [0.2, 0.25) is 0 Å². The monoisotopic (exact) mass is 204 g/mol. The maximum Gasteiger partial charge on any atom is 0.126 e. The Morgan fingerprint density at radius 2 is 1.80 bits per heavy atom. The van der Waals surface area contributed by atoms with Crippen molar-refractivity contribution in [2.75, 3.05) is 0 Å². The van der Waals surface area contributed by atoms with E-state index in [1.807, 2.05) is 0 Å². The molecule has 0 spiro atoms. The fraction of sp³-hybridized carbons (Fsp3) is 0.571. The van der Waals surface area contributed by atoms with E-state index >= 15 is 0 Å². The third-order valence-electron chi connectivity index (χ3n) is 3.55. The molecule has 0 unspecified atom stereocenters. The number of rotatable bonds is 0. The molecule has 0 fully saturated rings. The number of hydrogen-bond donors (Lipinski definition) is 0. The summed E-state index contributed by atoms with van der Waals surface area (Å²) in [6, 6.07) is 2.28. The first-order chi connectivity index (χ1) is 6.91. The Kier molecular flexibility index (Phi) is 2.29. The summed E-state index contributed by atoms with van der Waals surface area (Å²) in [7, 11) is 0. The molecular weight excluding hydrogens is 184 g/mol. The van der Waals surface area contributed by atoms with Gasteiger partial charge in [0.1, 0.15) is 11.4 Å². The first-order valence-corrected chi connectivity index (χ1v) is 5.69. The highest BCUT2D eigenvalue weighted by atomic mass is 16.5. The van der Waals surface area contributed by atoms with E-state index in [1.165, 1.54) is 22.3 Å². The van der Waals surface area contributed by atoms with Crippen LogP contribution in [0, 0.1) is 20.8 Å². The summed E-state index contributed by atoms with van der Waals surface area (Å²) in [5.41, 5.74) is 5.45. The van der Waals surface area contributed by atoms with Gasteiger partial charge in [0.2, 0.25) is 0 Å². The van der Waals surface area contributed by atoms with Crippen molar-refractivity contribution in [3.8, 4) is 5.75 Å². The Bertz CT molecular complexity index is 402. The molecule has 0 aliphatic carbocycles. The highest BCUT2D eigenvalue weighted by Crippen LogP contribution is 2.37. The summed E-state index contributed by atoms with van der Waals surface area (Å²) in [6.07, 6.45) is 2.26. The lowest BCUT2D eigenvalue weighted by molar-refractivity contribution is 0.0836. The second-order valence-corrected chi connectivity index (χ2v) is 5.29. The van der Waals surface area contributed by atoms with Gasteiger partial charge in [-0.25, -0.2) is 0 Å². The second kappa shape index (κ2) is 3.26. The molecule has 0 bridgehead atoms. The van der Waals surface area contributed by atoms with E-state index in [1.54, 1.807) is 0 Å². The minimum absolute atomic E-state index is 0.000538. The van der Waals surface area contributed by atoms with E-state index in [0.717, 1.165) is 18.6 Å². The second-order valence-electron chi connectivity index (χ2n) is 5.29. The molecule has 0 saturated carbocycles. The largest absolute Gasteiger partial charge is 0.487 e. The molecule has 0 saturated heterocycles. The molecule has 1 heteroatoms. The molecule has 15 heavy (non-hydrogen) atoms. The van der Waals surface area contributed by atoms with E-state index in [4.69, 9.17) is 4.74 Å². The molecule has 1 aromatic rings. The summed E-state index contributed by atoms with van der Waals surface area (Å²) in [5.74, 6) is 1.13. The van der Waals surface area contributed by atoms with Crippen molar-refractivity contribution < 1.29 is 4.74 Å². The number of ether oxygens (including phenoxy) is 1. The van der Waals surface area contributed by atoms with Crippen LogP contribution in [0.3, 0.4) is 0 Å². The number of fused-ring (bicyclic) bond motifs is 1. The zero-order chi connectivity index (χ0) is 11.2. The Labute approximate surface area is 92.5 Å². The molecule has 82 valence electrons. The first kappa shape index (κ1) is 10.5. The number of benzene rings is 1. The molecule has 0 radical (unpaired) electrons. The summed E-state index contributed by atoms with van der Waals surface area (Å²) in [4.78, 5) is 0. The average molecular weight is 204 g/mol. The lowest BCUT2D eigenvalue weighted by Crippen LogP contribution is -2.33. The molecule has 1 aromatic carbocycles. The van der Waals surface area contributed by atoms with Gasteiger partial charge in [0.05, 0.1) is 0 Å². The molecule has 1 heterocycles. The Morgan fingerprint density at radius 1 is 1.13 bits per heavy atom. The number of hydrogen-bond acceptors (Lipinski definition) is 1. The first-order valence-electron chi connectivity index (χ1n) is 5.69. The lowest BCUT2D eigenvalue weighted by atomic mass is 9.90. The van der Waals surface area contributed by atoms with Gasteiger partial charge in [-0.2, -0.15) is 0 Å². The Balaban J connectivity index is 2.55. The molecule has 0 aromatic heterocycles. The van der Waals surface area contributed by atoms with Crippen molar-refractivity contribution in [3.63, 3.8) is 0 Å².